The molecule has 92 valence electrons. The maximum absolute atomic E-state index is 11.7. The van der Waals surface area contributed by atoms with E-state index in [9.17, 15) is 4.79 Å². The Labute approximate surface area is 112 Å². The van der Waals surface area contributed by atoms with Gasteiger partial charge in [0.25, 0.3) is 5.91 Å². The first-order valence-electron chi connectivity index (χ1n) is 5.65. The van der Waals surface area contributed by atoms with Crippen molar-refractivity contribution in [1.82, 2.24) is 4.90 Å². The number of benzene rings is 2. The molecule has 0 bridgehead atoms. The van der Waals surface area contributed by atoms with Gasteiger partial charge in [-0.25, -0.2) is 0 Å². The van der Waals surface area contributed by atoms with Crippen molar-refractivity contribution < 1.29 is 4.79 Å². The van der Waals surface area contributed by atoms with Crippen molar-refractivity contribution in [2.75, 3.05) is 14.1 Å². The highest BCUT2D eigenvalue weighted by atomic mass is 35.5. The predicted molar refractivity (Wildman–Crippen MR) is 74.9 cm³/mol. The first-order chi connectivity index (χ1) is 8.58. The van der Waals surface area contributed by atoms with Crippen LogP contribution >= 0.6 is 11.6 Å². The molecule has 0 heterocycles. The Hall–Kier alpha value is -1.80. The lowest BCUT2D eigenvalue weighted by Crippen LogP contribution is -2.21. The second-order valence-corrected chi connectivity index (χ2v) is 4.72. The molecule has 18 heavy (non-hydrogen) atoms. The summed E-state index contributed by atoms with van der Waals surface area (Å²) in [6.07, 6.45) is 0. The summed E-state index contributed by atoms with van der Waals surface area (Å²) >= 11 is 5.85. The van der Waals surface area contributed by atoms with Gasteiger partial charge in [-0.3, -0.25) is 4.79 Å². The van der Waals surface area contributed by atoms with Crippen LogP contribution in [0, 0.1) is 0 Å². The summed E-state index contributed by atoms with van der Waals surface area (Å²) in [5.41, 5.74) is 2.85. The molecule has 0 saturated heterocycles. The van der Waals surface area contributed by atoms with Gasteiger partial charge in [0.05, 0.1) is 0 Å². The van der Waals surface area contributed by atoms with Crippen molar-refractivity contribution in [2.24, 2.45) is 0 Å². The van der Waals surface area contributed by atoms with Crippen molar-refractivity contribution in [3.63, 3.8) is 0 Å². The van der Waals surface area contributed by atoms with Crippen LogP contribution in [-0.2, 0) is 0 Å². The molecule has 0 atom stereocenters. The second kappa shape index (κ2) is 5.23. The van der Waals surface area contributed by atoms with Crippen LogP contribution in [-0.4, -0.2) is 24.9 Å². The van der Waals surface area contributed by atoms with E-state index in [2.05, 4.69) is 0 Å². The molecule has 0 radical (unpaired) electrons. The quantitative estimate of drug-likeness (QED) is 0.805. The Morgan fingerprint density at radius 2 is 1.33 bits per heavy atom. The lowest BCUT2D eigenvalue weighted by atomic mass is 10.0. The average Bonchev–Trinajstić information content (AvgIpc) is 2.39. The van der Waals surface area contributed by atoms with Crippen LogP contribution in [0.5, 0.6) is 0 Å². The largest absolute Gasteiger partial charge is 0.345 e. The molecule has 0 fully saturated rings. The van der Waals surface area contributed by atoms with E-state index in [1.807, 2.05) is 48.5 Å². The summed E-state index contributed by atoms with van der Waals surface area (Å²) in [6.45, 7) is 0. The summed E-state index contributed by atoms with van der Waals surface area (Å²) in [5, 5.41) is 0.721. The van der Waals surface area contributed by atoms with Gasteiger partial charge in [0, 0.05) is 24.7 Å². The highest BCUT2D eigenvalue weighted by Crippen LogP contribution is 2.22. The Morgan fingerprint density at radius 3 is 1.78 bits per heavy atom. The monoisotopic (exact) mass is 259 g/mol. The lowest BCUT2D eigenvalue weighted by Gasteiger charge is -2.10. The van der Waals surface area contributed by atoms with Gasteiger partial charge < -0.3 is 4.90 Å². The molecule has 0 unspecified atom stereocenters. The normalized spacial score (nSPS) is 10.2. The zero-order valence-corrected chi connectivity index (χ0v) is 11.1. The smallest absolute Gasteiger partial charge is 0.253 e. The van der Waals surface area contributed by atoms with Crippen molar-refractivity contribution in [3.05, 3.63) is 59.1 Å². The molecule has 3 heteroatoms. The zero-order valence-electron chi connectivity index (χ0n) is 10.4. The Kier molecular flexibility index (Phi) is 3.68. The predicted octanol–water partition coefficient (Wildman–Crippen LogP) is 3.71. The first-order valence-corrected chi connectivity index (χ1v) is 6.03. The van der Waals surface area contributed by atoms with Gasteiger partial charge in [-0.15, -0.1) is 0 Å². The molecule has 2 rings (SSSR count). The fraction of sp³-hybridized carbons (Fsp3) is 0.133. The molecule has 2 nitrogen and oxygen atoms in total. The summed E-state index contributed by atoms with van der Waals surface area (Å²) in [6, 6.07) is 15.2. The zero-order chi connectivity index (χ0) is 13.1. The number of carbonyl (C=O) groups is 1. The van der Waals surface area contributed by atoms with Crippen LogP contribution in [0.2, 0.25) is 5.02 Å². The van der Waals surface area contributed by atoms with Gasteiger partial charge in [0.15, 0.2) is 0 Å². The van der Waals surface area contributed by atoms with Crippen LogP contribution in [0.4, 0.5) is 0 Å². The van der Waals surface area contributed by atoms with Crippen molar-refractivity contribution in [2.45, 2.75) is 0 Å². The number of halogens is 1. The molecule has 0 saturated carbocycles. The minimum absolute atomic E-state index is 0.0117. The summed E-state index contributed by atoms with van der Waals surface area (Å²) < 4.78 is 0. The average molecular weight is 260 g/mol. The van der Waals surface area contributed by atoms with Crippen LogP contribution < -0.4 is 0 Å². The van der Waals surface area contributed by atoms with Crippen molar-refractivity contribution in [3.8, 4) is 11.1 Å². The number of carbonyl (C=O) groups excluding carboxylic acids is 1. The molecule has 0 N–H and O–H groups in total. The Bertz CT molecular complexity index is 544. The van der Waals surface area contributed by atoms with E-state index in [0.29, 0.717) is 5.56 Å². The van der Waals surface area contributed by atoms with Gasteiger partial charge in [-0.05, 0) is 35.4 Å². The van der Waals surface area contributed by atoms with E-state index in [1.54, 1.807) is 19.0 Å². The van der Waals surface area contributed by atoms with Crippen LogP contribution in [0.15, 0.2) is 48.5 Å². The molecular weight excluding hydrogens is 246 g/mol. The number of amides is 1. The third-order valence-electron chi connectivity index (χ3n) is 2.72. The molecule has 2 aromatic rings. The molecule has 1 amide bonds. The number of nitrogens with zero attached hydrogens (tertiary/aromatic N) is 1. The third kappa shape index (κ3) is 2.71. The summed E-state index contributed by atoms with van der Waals surface area (Å²) in [5.74, 6) is 0.0117. The minimum atomic E-state index is 0.0117. The Morgan fingerprint density at radius 1 is 0.889 bits per heavy atom. The third-order valence-corrected chi connectivity index (χ3v) is 2.97. The molecule has 0 aliphatic rings. The van der Waals surface area contributed by atoms with E-state index in [-0.39, 0.29) is 5.91 Å². The lowest BCUT2D eigenvalue weighted by molar-refractivity contribution is 0.0827. The number of rotatable bonds is 2. The van der Waals surface area contributed by atoms with Gasteiger partial charge >= 0.3 is 0 Å². The van der Waals surface area contributed by atoms with Gasteiger partial charge in [0.1, 0.15) is 0 Å². The van der Waals surface area contributed by atoms with Gasteiger partial charge in [0.2, 0.25) is 0 Å². The maximum atomic E-state index is 11.7. The Balaban J connectivity index is 2.27. The number of hydrogen-bond donors (Lipinski definition) is 0. The number of hydrogen-bond acceptors (Lipinski definition) is 1. The molecular formula is C15H14ClNO. The van der Waals surface area contributed by atoms with E-state index >= 15 is 0 Å². The summed E-state index contributed by atoms with van der Waals surface area (Å²) in [4.78, 5) is 13.3. The standard InChI is InChI=1S/C15H14ClNO/c1-17(2)15(18)13-5-3-11(4-6-13)12-7-9-14(16)10-8-12/h3-10H,1-2H3. The van der Waals surface area contributed by atoms with E-state index in [1.165, 1.54) is 0 Å². The molecule has 0 aromatic heterocycles. The molecule has 0 aliphatic heterocycles. The van der Waals surface area contributed by atoms with Gasteiger partial charge in [-0.1, -0.05) is 35.9 Å². The SMILES string of the molecule is CN(C)C(=O)c1ccc(-c2ccc(Cl)cc2)cc1. The maximum Gasteiger partial charge on any atom is 0.253 e. The fourth-order valence-electron chi connectivity index (χ4n) is 1.71. The van der Waals surface area contributed by atoms with Crippen molar-refractivity contribution >= 4 is 17.5 Å². The topological polar surface area (TPSA) is 20.3 Å². The second-order valence-electron chi connectivity index (χ2n) is 4.28. The van der Waals surface area contributed by atoms with Crippen LogP contribution in [0.3, 0.4) is 0 Å². The molecule has 2 aromatic carbocycles. The van der Waals surface area contributed by atoms with Crippen molar-refractivity contribution in [1.29, 1.82) is 0 Å². The highest BCUT2D eigenvalue weighted by Gasteiger charge is 2.07. The molecule has 0 aliphatic carbocycles. The van der Waals surface area contributed by atoms with E-state index in [0.717, 1.165) is 16.1 Å². The van der Waals surface area contributed by atoms with Crippen LogP contribution in [0.1, 0.15) is 10.4 Å². The van der Waals surface area contributed by atoms with Gasteiger partial charge in [-0.2, -0.15) is 0 Å². The minimum Gasteiger partial charge on any atom is -0.345 e. The highest BCUT2D eigenvalue weighted by molar-refractivity contribution is 6.30. The summed E-state index contributed by atoms with van der Waals surface area (Å²) in [7, 11) is 3.49. The fourth-order valence-corrected chi connectivity index (χ4v) is 1.83. The molecule has 0 spiro atoms. The van der Waals surface area contributed by atoms with E-state index < -0.39 is 0 Å². The van der Waals surface area contributed by atoms with E-state index in [4.69, 9.17) is 11.6 Å². The van der Waals surface area contributed by atoms with Crippen LogP contribution in [0.25, 0.3) is 11.1 Å². The first kappa shape index (κ1) is 12.7.